The van der Waals surface area contributed by atoms with Crippen LogP contribution >= 0.6 is 0 Å². The molecule has 1 amide bonds. The molecular formula is C18H19FN4O2. The number of aromatic nitrogens is 2. The van der Waals surface area contributed by atoms with Crippen LogP contribution in [0.2, 0.25) is 0 Å². The molecule has 0 spiro atoms. The molecule has 3 aromatic rings. The summed E-state index contributed by atoms with van der Waals surface area (Å²) in [5, 5.41) is 4.10. The molecule has 1 aliphatic rings. The Bertz CT molecular complexity index is 917. The molecule has 4 rings (SSSR count). The summed E-state index contributed by atoms with van der Waals surface area (Å²) in [5.74, 6) is 0.526. The van der Waals surface area contributed by atoms with Crippen LogP contribution in [0.3, 0.4) is 0 Å². The fourth-order valence-corrected chi connectivity index (χ4v) is 3.39. The van der Waals surface area contributed by atoms with Gasteiger partial charge >= 0.3 is 0 Å². The number of benzene rings is 1. The summed E-state index contributed by atoms with van der Waals surface area (Å²) in [6, 6.07) is 4.28. The summed E-state index contributed by atoms with van der Waals surface area (Å²) in [7, 11) is 1.93. The summed E-state index contributed by atoms with van der Waals surface area (Å²) in [6.45, 7) is 2.05. The minimum absolute atomic E-state index is 0.0153. The fourth-order valence-electron chi connectivity index (χ4n) is 3.39. The molecule has 1 aliphatic heterocycles. The number of carbonyl (C=O) groups is 1. The molecule has 6 nitrogen and oxygen atoms in total. The molecule has 1 atom stereocenters. The first kappa shape index (κ1) is 15.8. The number of nitrogens with one attached hydrogen (secondary N) is 1. The van der Waals surface area contributed by atoms with Gasteiger partial charge in [-0.2, -0.15) is 0 Å². The average Bonchev–Trinajstić information content (AvgIpc) is 3.21. The Hall–Kier alpha value is -2.67. The number of rotatable bonds is 3. The second-order valence-corrected chi connectivity index (χ2v) is 6.28. The summed E-state index contributed by atoms with van der Waals surface area (Å²) < 4.78 is 20.6. The average molecular weight is 342 g/mol. The molecule has 1 aromatic carbocycles. The maximum absolute atomic E-state index is 13.3. The number of fused-ring (bicyclic) bond motifs is 1. The van der Waals surface area contributed by atoms with E-state index in [4.69, 9.17) is 4.42 Å². The van der Waals surface area contributed by atoms with Crippen LogP contribution in [0.25, 0.3) is 11.0 Å². The zero-order valence-corrected chi connectivity index (χ0v) is 13.9. The fraction of sp³-hybridized carbons (Fsp3) is 0.333. The SMILES string of the molecule is Cn1ccnc1C1CNCCN1C(=O)Cc1coc2cc(F)ccc12. The van der Waals surface area contributed by atoms with Gasteiger partial charge in [-0.3, -0.25) is 4.79 Å². The maximum Gasteiger partial charge on any atom is 0.227 e. The second kappa shape index (κ2) is 6.33. The van der Waals surface area contributed by atoms with E-state index < -0.39 is 0 Å². The van der Waals surface area contributed by atoms with Crippen molar-refractivity contribution in [1.29, 1.82) is 0 Å². The highest BCUT2D eigenvalue weighted by Gasteiger charge is 2.30. The Labute approximate surface area is 144 Å². The van der Waals surface area contributed by atoms with Gasteiger partial charge in [0.15, 0.2) is 0 Å². The normalized spacial score (nSPS) is 18.0. The third-order valence-electron chi connectivity index (χ3n) is 4.68. The van der Waals surface area contributed by atoms with Crippen LogP contribution in [0.1, 0.15) is 17.4 Å². The molecule has 0 aliphatic carbocycles. The zero-order valence-electron chi connectivity index (χ0n) is 13.9. The molecule has 0 saturated carbocycles. The first-order valence-electron chi connectivity index (χ1n) is 8.26. The lowest BCUT2D eigenvalue weighted by molar-refractivity contribution is -0.134. The third kappa shape index (κ3) is 2.91. The number of imidazole rings is 1. The van der Waals surface area contributed by atoms with Gasteiger partial charge in [0.1, 0.15) is 23.3 Å². The Kier molecular flexibility index (Phi) is 4.01. The van der Waals surface area contributed by atoms with Crippen molar-refractivity contribution in [3.8, 4) is 0 Å². The lowest BCUT2D eigenvalue weighted by Crippen LogP contribution is -2.49. The van der Waals surface area contributed by atoms with Crippen molar-refractivity contribution in [2.24, 2.45) is 7.05 Å². The molecule has 1 fully saturated rings. The number of piperazine rings is 1. The van der Waals surface area contributed by atoms with E-state index in [1.807, 2.05) is 22.7 Å². The molecular weight excluding hydrogens is 323 g/mol. The number of halogens is 1. The first-order valence-corrected chi connectivity index (χ1v) is 8.26. The van der Waals surface area contributed by atoms with E-state index in [1.165, 1.54) is 12.1 Å². The minimum Gasteiger partial charge on any atom is -0.464 e. The van der Waals surface area contributed by atoms with E-state index in [2.05, 4.69) is 10.3 Å². The van der Waals surface area contributed by atoms with Crippen molar-refractivity contribution < 1.29 is 13.6 Å². The van der Waals surface area contributed by atoms with Crippen molar-refractivity contribution >= 4 is 16.9 Å². The standard InChI is InChI=1S/C18H19FN4O2/c1-22-6-5-21-18(22)15-10-20-4-7-23(15)17(24)8-12-11-25-16-9-13(19)2-3-14(12)16/h2-3,5-6,9,11,15,20H,4,7-8,10H2,1H3. The van der Waals surface area contributed by atoms with E-state index in [1.54, 1.807) is 18.5 Å². The monoisotopic (exact) mass is 342 g/mol. The molecule has 130 valence electrons. The van der Waals surface area contributed by atoms with E-state index in [0.29, 0.717) is 18.7 Å². The Morgan fingerprint density at radius 1 is 1.48 bits per heavy atom. The summed E-state index contributed by atoms with van der Waals surface area (Å²) in [4.78, 5) is 19.2. The maximum atomic E-state index is 13.3. The van der Waals surface area contributed by atoms with Crippen LogP contribution < -0.4 is 5.32 Å². The quantitative estimate of drug-likeness (QED) is 0.791. The second-order valence-electron chi connectivity index (χ2n) is 6.28. The van der Waals surface area contributed by atoms with Gasteiger partial charge in [-0.25, -0.2) is 9.37 Å². The summed E-state index contributed by atoms with van der Waals surface area (Å²) in [5.41, 5.74) is 1.24. The number of furan rings is 1. The van der Waals surface area contributed by atoms with Crippen LogP contribution in [-0.2, 0) is 18.3 Å². The number of amides is 1. The highest BCUT2D eigenvalue weighted by molar-refractivity contribution is 5.87. The van der Waals surface area contributed by atoms with Gasteiger partial charge in [-0.1, -0.05) is 0 Å². The van der Waals surface area contributed by atoms with Crippen molar-refractivity contribution in [1.82, 2.24) is 19.8 Å². The Balaban J connectivity index is 1.59. The largest absolute Gasteiger partial charge is 0.464 e. The van der Waals surface area contributed by atoms with Crippen LogP contribution in [0.15, 0.2) is 41.3 Å². The Morgan fingerprint density at radius 2 is 2.36 bits per heavy atom. The predicted molar refractivity (Wildman–Crippen MR) is 90.4 cm³/mol. The van der Waals surface area contributed by atoms with Crippen molar-refractivity contribution in [3.63, 3.8) is 0 Å². The molecule has 0 bridgehead atoms. The number of nitrogens with zero attached hydrogens (tertiary/aromatic N) is 3. The molecule has 1 unspecified atom stereocenters. The van der Waals surface area contributed by atoms with Crippen LogP contribution in [0, 0.1) is 5.82 Å². The molecule has 7 heteroatoms. The van der Waals surface area contributed by atoms with E-state index in [-0.39, 0.29) is 24.2 Å². The Morgan fingerprint density at radius 3 is 3.16 bits per heavy atom. The van der Waals surface area contributed by atoms with E-state index >= 15 is 0 Å². The van der Waals surface area contributed by atoms with E-state index in [0.717, 1.165) is 23.3 Å². The van der Waals surface area contributed by atoms with Gasteiger partial charge < -0.3 is 19.2 Å². The topological polar surface area (TPSA) is 63.3 Å². The summed E-state index contributed by atoms with van der Waals surface area (Å²) >= 11 is 0. The lowest BCUT2D eigenvalue weighted by atomic mass is 10.1. The number of carbonyl (C=O) groups excluding carboxylic acids is 1. The van der Waals surface area contributed by atoms with Crippen LogP contribution in [0.4, 0.5) is 4.39 Å². The van der Waals surface area contributed by atoms with Crippen molar-refractivity contribution in [2.45, 2.75) is 12.5 Å². The van der Waals surface area contributed by atoms with Crippen molar-refractivity contribution in [2.75, 3.05) is 19.6 Å². The van der Waals surface area contributed by atoms with Gasteiger partial charge in [-0.15, -0.1) is 0 Å². The van der Waals surface area contributed by atoms with Gasteiger partial charge in [0.05, 0.1) is 12.7 Å². The van der Waals surface area contributed by atoms with Gasteiger partial charge in [0.25, 0.3) is 0 Å². The van der Waals surface area contributed by atoms with Crippen LogP contribution in [0.5, 0.6) is 0 Å². The zero-order chi connectivity index (χ0) is 17.4. The molecule has 1 N–H and O–H groups in total. The number of hydrogen-bond acceptors (Lipinski definition) is 4. The smallest absolute Gasteiger partial charge is 0.227 e. The molecule has 1 saturated heterocycles. The van der Waals surface area contributed by atoms with Gasteiger partial charge in [0, 0.05) is 56.1 Å². The highest BCUT2D eigenvalue weighted by Crippen LogP contribution is 2.25. The first-order chi connectivity index (χ1) is 12.1. The molecule has 3 heterocycles. The summed E-state index contributed by atoms with van der Waals surface area (Å²) in [6.07, 6.45) is 5.38. The lowest BCUT2D eigenvalue weighted by Gasteiger charge is -2.35. The highest BCUT2D eigenvalue weighted by atomic mass is 19.1. The van der Waals surface area contributed by atoms with Crippen LogP contribution in [-0.4, -0.2) is 40.0 Å². The minimum atomic E-state index is -0.350. The number of hydrogen-bond donors (Lipinski definition) is 1. The molecule has 0 radical (unpaired) electrons. The molecule has 25 heavy (non-hydrogen) atoms. The van der Waals surface area contributed by atoms with Crippen molar-refractivity contribution in [3.05, 3.63) is 54.1 Å². The van der Waals surface area contributed by atoms with Gasteiger partial charge in [0.2, 0.25) is 5.91 Å². The predicted octanol–water partition coefficient (Wildman–Crippen LogP) is 2.02. The third-order valence-corrected chi connectivity index (χ3v) is 4.68. The van der Waals surface area contributed by atoms with Gasteiger partial charge in [-0.05, 0) is 12.1 Å². The van der Waals surface area contributed by atoms with E-state index in [9.17, 15) is 9.18 Å². The molecule has 2 aromatic heterocycles. The number of aryl methyl sites for hydroxylation is 1.